The van der Waals surface area contributed by atoms with Gasteiger partial charge in [0.2, 0.25) is 0 Å². The third-order valence-corrected chi connectivity index (χ3v) is 8.11. The summed E-state index contributed by atoms with van der Waals surface area (Å²) in [6, 6.07) is 9.76. The number of pyridine rings is 1. The minimum absolute atomic E-state index is 0.0867. The number of nitrogens with zero attached hydrogens (tertiary/aromatic N) is 4. The van der Waals surface area contributed by atoms with Crippen molar-refractivity contribution in [2.24, 2.45) is 5.92 Å². The number of likely N-dealkylation sites (tertiary alicyclic amines) is 1. The molecule has 39 heavy (non-hydrogen) atoms. The Morgan fingerprint density at radius 3 is 2.59 bits per heavy atom. The maximum atomic E-state index is 12.9. The van der Waals surface area contributed by atoms with Gasteiger partial charge in [0.15, 0.2) is 0 Å². The number of anilines is 1. The number of likely N-dealkylation sites (N-methyl/N-ethyl adjacent to an activating group) is 1. The Balaban J connectivity index is 1.37. The highest BCUT2D eigenvalue weighted by Gasteiger charge is 2.37. The Hall–Kier alpha value is -2.95. The molecular weight excluding hydrogens is 507 g/mol. The number of morpholine rings is 1. The Morgan fingerprint density at radius 2 is 1.87 bits per heavy atom. The molecule has 0 saturated carbocycles. The fourth-order valence-electron chi connectivity index (χ4n) is 6.00. The summed E-state index contributed by atoms with van der Waals surface area (Å²) in [6.07, 6.45) is 2.15. The van der Waals surface area contributed by atoms with Crippen LogP contribution in [-0.2, 0) is 4.74 Å². The molecule has 0 spiro atoms. The zero-order valence-corrected chi connectivity index (χ0v) is 22.5. The molecule has 0 radical (unpaired) electrons. The lowest BCUT2D eigenvalue weighted by Gasteiger charge is -2.45. The first-order chi connectivity index (χ1) is 18.7. The largest absolute Gasteiger partial charge is 0.389 e. The Morgan fingerprint density at radius 1 is 1.13 bits per heavy atom. The number of halogens is 3. The maximum Gasteiger partial charge on any atom is 0.389 e. The molecule has 0 bridgehead atoms. The number of aromatic nitrogens is 1. The highest BCUT2D eigenvalue weighted by molar-refractivity contribution is 5.90. The molecule has 2 saturated heterocycles. The fraction of sp³-hybridized carbons (Fsp3) is 0.517. The molecule has 0 aliphatic carbocycles. The molecule has 1 N–H and O–H groups in total. The summed E-state index contributed by atoms with van der Waals surface area (Å²) >= 11 is 0. The molecule has 3 atom stereocenters. The summed E-state index contributed by atoms with van der Waals surface area (Å²) < 4.78 is 44.0. The van der Waals surface area contributed by atoms with Gasteiger partial charge >= 0.3 is 12.2 Å². The summed E-state index contributed by atoms with van der Waals surface area (Å²) in [5.74, 6) is -0.545. The first-order valence-electron chi connectivity index (χ1n) is 13.6. The number of carbonyl (C=O) groups excluding carboxylic acids is 1. The van der Waals surface area contributed by atoms with Crippen LogP contribution in [0.3, 0.4) is 0 Å². The Bertz CT molecular complexity index is 1180. The van der Waals surface area contributed by atoms with Gasteiger partial charge in [0.25, 0.3) is 0 Å². The zero-order valence-electron chi connectivity index (χ0n) is 22.5. The van der Waals surface area contributed by atoms with E-state index < -0.39 is 18.5 Å². The SMILES string of the molecule is Cc1ccc(NC(=O)N2CC[C@@H](CC(F)(F)F)C2)cc1C1=CC(N2CCOCC2)N(C)C(c2ccncc2)C1. The second-order valence-electron chi connectivity index (χ2n) is 10.8. The molecule has 3 aliphatic heterocycles. The molecule has 2 amide bonds. The maximum absolute atomic E-state index is 12.9. The van der Waals surface area contributed by atoms with Crippen molar-refractivity contribution in [1.29, 1.82) is 0 Å². The summed E-state index contributed by atoms with van der Waals surface area (Å²) in [7, 11) is 2.16. The quantitative estimate of drug-likeness (QED) is 0.554. The highest BCUT2D eigenvalue weighted by Crippen LogP contribution is 2.40. The van der Waals surface area contributed by atoms with Crippen LogP contribution < -0.4 is 5.32 Å². The van der Waals surface area contributed by atoms with Gasteiger partial charge in [-0.25, -0.2) is 4.79 Å². The molecule has 1 aromatic carbocycles. The van der Waals surface area contributed by atoms with Crippen molar-refractivity contribution >= 4 is 17.3 Å². The number of hydrogen-bond acceptors (Lipinski definition) is 5. The number of ether oxygens (including phenoxy) is 1. The average molecular weight is 544 g/mol. The van der Waals surface area contributed by atoms with Gasteiger partial charge in [-0.3, -0.25) is 14.8 Å². The van der Waals surface area contributed by atoms with E-state index in [1.807, 2.05) is 30.6 Å². The van der Waals surface area contributed by atoms with Crippen LogP contribution in [0.15, 0.2) is 48.8 Å². The van der Waals surface area contributed by atoms with Gasteiger partial charge in [0, 0.05) is 56.7 Å². The minimum atomic E-state index is -4.21. The molecule has 10 heteroatoms. The monoisotopic (exact) mass is 543 g/mol. The van der Waals surface area contributed by atoms with Crippen LogP contribution in [0.1, 0.15) is 42.0 Å². The first-order valence-corrected chi connectivity index (χ1v) is 13.6. The van der Waals surface area contributed by atoms with Gasteiger partial charge in [-0.05, 0) is 85.3 Å². The fourth-order valence-corrected chi connectivity index (χ4v) is 6.00. The third kappa shape index (κ3) is 6.62. The average Bonchev–Trinajstić information content (AvgIpc) is 3.38. The number of nitrogens with one attached hydrogen (secondary N) is 1. The predicted molar refractivity (Wildman–Crippen MR) is 144 cm³/mol. The van der Waals surface area contributed by atoms with Crippen molar-refractivity contribution < 1.29 is 22.7 Å². The van der Waals surface area contributed by atoms with Crippen molar-refractivity contribution in [3.63, 3.8) is 0 Å². The van der Waals surface area contributed by atoms with Crippen molar-refractivity contribution in [3.05, 3.63) is 65.5 Å². The van der Waals surface area contributed by atoms with Gasteiger partial charge < -0.3 is 15.0 Å². The van der Waals surface area contributed by atoms with Crippen LogP contribution in [0, 0.1) is 12.8 Å². The molecule has 210 valence electrons. The van der Waals surface area contributed by atoms with Gasteiger partial charge in [0.1, 0.15) is 0 Å². The van der Waals surface area contributed by atoms with E-state index in [4.69, 9.17) is 4.74 Å². The number of urea groups is 1. The van der Waals surface area contributed by atoms with E-state index in [1.165, 1.54) is 16.0 Å². The van der Waals surface area contributed by atoms with E-state index in [0.717, 1.165) is 30.6 Å². The van der Waals surface area contributed by atoms with Gasteiger partial charge in [-0.15, -0.1) is 0 Å². The first kappa shape index (κ1) is 27.6. The smallest absolute Gasteiger partial charge is 0.379 e. The molecule has 2 unspecified atom stereocenters. The van der Waals surface area contributed by atoms with Crippen LogP contribution in [0.4, 0.5) is 23.7 Å². The van der Waals surface area contributed by atoms with Gasteiger partial charge in [-0.1, -0.05) is 6.07 Å². The van der Waals surface area contributed by atoms with Crippen molar-refractivity contribution in [2.45, 2.75) is 44.6 Å². The second kappa shape index (κ2) is 11.7. The zero-order chi connectivity index (χ0) is 27.6. The third-order valence-electron chi connectivity index (χ3n) is 8.11. The number of hydrogen-bond donors (Lipinski definition) is 1. The Kier molecular flexibility index (Phi) is 8.25. The topological polar surface area (TPSA) is 60.9 Å². The van der Waals surface area contributed by atoms with Gasteiger partial charge in [-0.2, -0.15) is 13.2 Å². The number of amides is 2. The van der Waals surface area contributed by atoms with E-state index in [9.17, 15) is 18.0 Å². The predicted octanol–water partition coefficient (Wildman–Crippen LogP) is 5.31. The van der Waals surface area contributed by atoms with E-state index >= 15 is 0 Å². The minimum Gasteiger partial charge on any atom is -0.379 e. The lowest BCUT2D eigenvalue weighted by atomic mass is 9.87. The lowest BCUT2D eigenvalue weighted by molar-refractivity contribution is -0.143. The normalized spacial score (nSPS) is 25.0. The van der Waals surface area contributed by atoms with Gasteiger partial charge in [0.05, 0.1) is 19.4 Å². The van der Waals surface area contributed by atoms with E-state index in [1.54, 1.807) is 0 Å². The van der Waals surface area contributed by atoms with E-state index in [-0.39, 0.29) is 24.8 Å². The number of rotatable bonds is 5. The van der Waals surface area contributed by atoms with Crippen molar-refractivity contribution in [3.8, 4) is 0 Å². The summed E-state index contributed by atoms with van der Waals surface area (Å²) in [5.41, 5.74) is 5.20. The van der Waals surface area contributed by atoms with Crippen molar-refractivity contribution in [2.75, 3.05) is 51.8 Å². The lowest BCUT2D eigenvalue weighted by Crippen LogP contribution is -2.52. The highest BCUT2D eigenvalue weighted by atomic mass is 19.4. The summed E-state index contributed by atoms with van der Waals surface area (Å²) in [6.45, 7) is 5.62. The van der Waals surface area contributed by atoms with Crippen LogP contribution in [0.2, 0.25) is 0 Å². The second-order valence-corrected chi connectivity index (χ2v) is 10.8. The number of carbonyl (C=O) groups is 1. The Labute approximate surface area is 227 Å². The van der Waals surface area contributed by atoms with Crippen LogP contribution in [0.25, 0.3) is 5.57 Å². The van der Waals surface area contributed by atoms with Crippen LogP contribution in [0.5, 0.6) is 0 Å². The van der Waals surface area contributed by atoms with Crippen LogP contribution in [-0.4, -0.2) is 84.5 Å². The molecular formula is C29H36F3N5O2. The van der Waals surface area contributed by atoms with E-state index in [0.29, 0.717) is 31.9 Å². The number of benzene rings is 1. The molecule has 4 heterocycles. The molecule has 3 aliphatic rings. The summed E-state index contributed by atoms with van der Waals surface area (Å²) in [5, 5.41) is 2.93. The molecule has 2 aromatic rings. The summed E-state index contributed by atoms with van der Waals surface area (Å²) in [4.78, 5) is 23.4. The molecule has 5 rings (SSSR count). The number of alkyl halides is 3. The standard InChI is InChI=1S/C29H36F3N5O2/c1-20-3-4-24(34-28(38)37-10-7-21(19-37)18-29(30,31)32)17-25(20)23-15-26(22-5-8-33-9-6-22)35(2)27(16-23)36-11-13-39-14-12-36/h3-6,8-9,16-17,21,26-27H,7,10-15,18-19H2,1-2H3,(H,34,38)/t21-,26?,27?/m0/s1. The van der Waals surface area contributed by atoms with Crippen LogP contribution >= 0.6 is 0 Å². The molecule has 1 aromatic heterocycles. The van der Waals surface area contributed by atoms with Crippen molar-refractivity contribution in [1.82, 2.24) is 19.7 Å². The number of aryl methyl sites for hydroxylation is 1. The molecule has 2 fully saturated rings. The molecule has 7 nitrogen and oxygen atoms in total. The van der Waals surface area contributed by atoms with E-state index in [2.05, 4.69) is 52.3 Å².